The lowest BCUT2D eigenvalue weighted by molar-refractivity contribution is -0.125. The lowest BCUT2D eigenvalue weighted by Gasteiger charge is -2.32. The van der Waals surface area contributed by atoms with Crippen LogP contribution in [-0.2, 0) is 20.7 Å². The molecule has 0 unspecified atom stereocenters. The second-order valence-corrected chi connectivity index (χ2v) is 12.2. The summed E-state index contributed by atoms with van der Waals surface area (Å²) in [6.45, 7) is 15.3. The minimum atomic E-state index is -0.925. The van der Waals surface area contributed by atoms with Crippen LogP contribution in [0.3, 0.4) is 0 Å². The van der Waals surface area contributed by atoms with Crippen molar-refractivity contribution in [2.75, 3.05) is 34.0 Å². The van der Waals surface area contributed by atoms with Crippen molar-refractivity contribution in [3.05, 3.63) is 23.8 Å². The van der Waals surface area contributed by atoms with Gasteiger partial charge in [-0.25, -0.2) is 4.79 Å². The first kappa shape index (κ1) is 36.5. The van der Waals surface area contributed by atoms with E-state index in [2.05, 4.69) is 31.4 Å². The third-order valence-electron chi connectivity index (χ3n) is 7.01. The van der Waals surface area contributed by atoms with Crippen molar-refractivity contribution in [3.63, 3.8) is 0 Å². The number of nitrogens with one attached hydrogen (secondary N) is 2. The largest absolute Gasteiger partial charge is 0.493 e. The molecule has 0 aliphatic rings. The monoisotopic (exact) mass is 580 g/mol. The van der Waals surface area contributed by atoms with Crippen LogP contribution in [0.1, 0.15) is 86.1 Å². The molecule has 236 valence electrons. The SMILES string of the molecule is CCCCNC(=O)[C@H](C)C[C@H](O)[C@H](C[C@H](Cc1ccc(OC)c(OCCCOC)c1)C(C)C)NC(=O)OC(C)(C)C. The van der Waals surface area contributed by atoms with Crippen LogP contribution < -0.4 is 20.1 Å². The number of benzene rings is 1. The molecule has 0 spiro atoms. The second kappa shape index (κ2) is 18.8. The van der Waals surface area contributed by atoms with Gasteiger partial charge in [-0.3, -0.25) is 4.79 Å². The molecule has 9 nitrogen and oxygen atoms in total. The molecule has 0 saturated heterocycles. The number of hydrogen-bond donors (Lipinski definition) is 3. The lowest BCUT2D eigenvalue weighted by atomic mass is 9.82. The zero-order valence-corrected chi connectivity index (χ0v) is 26.9. The summed E-state index contributed by atoms with van der Waals surface area (Å²) in [5.41, 5.74) is 0.395. The minimum absolute atomic E-state index is 0.0924. The highest BCUT2D eigenvalue weighted by atomic mass is 16.6. The Morgan fingerprint density at radius 1 is 1.00 bits per heavy atom. The van der Waals surface area contributed by atoms with E-state index in [1.165, 1.54) is 0 Å². The number of hydrogen-bond acceptors (Lipinski definition) is 7. The van der Waals surface area contributed by atoms with Crippen LogP contribution in [0.2, 0.25) is 0 Å². The number of carbonyl (C=O) groups is 2. The van der Waals surface area contributed by atoms with Crippen LogP contribution in [0.15, 0.2) is 18.2 Å². The molecule has 1 rings (SSSR count). The smallest absolute Gasteiger partial charge is 0.407 e. The van der Waals surface area contributed by atoms with Gasteiger partial charge in [0.25, 0.3) is 0 Å². The number of ether oxygens (including phenoxy) is 4. The highest BCUT2D eigenvalue weighted by Gasteiger charge is 2.31. The molecule has 1 aromatic carbocycles. The van der Waals surface area contributed by atoms with E-state index in [1.54, 1.807) is 41.9 Å². The Hall–Kier alpha value is -2.52. The molecular weight excluding hydrogens is 524 g/mol. The van der Waals surface area contributed by atoms with E-state index in [1.807, 2.05) is 18.2 Å². The van der Waals surface area contributed by atoms with Crippen molar-refractivity contribution in [1.82, 2.24) is 10.6 Å². The van der Waals surface area contributed by atoms with Crippen molar-refractivity contribution in [3.8, 4) is 11.5 Å². The van der Waals surface area contributed by atoms with Gasteiger partial charge >= 0.3 is 6.09 Å². The fourth-order valence-electron chi connectivity index (χ4n) is 4.53. The van der Waals surface area contributed by atoms with Gasteiger partial charge in [0.2, 0.25) is 5.91 Å². The molecule has 2 amide bonds. The highest BCUT2D eigenvalue weighted by molar-refractivity contribution is 5.78. The maximum atomic E-state index is 12.8. The van der Waals surface area contributed by atoms with E-state index >= 15 is 0 Å². The summed E-state index contributed by atoms with van der Waals surface area (Å²) in [4.78, 5) is 25.4. The Bertz CT molecular complexity index is 901. The number of alkyl carbamates (subject to hydrolysis) is 1. The number of carbonyl (C=O) groups excluding carboxylic acids is 2. The molecule has 0 aliphatic carbocycles. The Morgan fingerprint density at radius 2 is 1.71 bits per heavy atom. The predicted molar refractivity (Wildman–Crippen MR) is 162 cm³/mol. The number of rotatable bonds is 19. The van der Waals surface area contributed by atoms with E-state index in [0.717, 1.165) is 24.8 Å². The lowest BCUT2D eigenvalue weighted by Crippen LogP contribution is -2.48. The summed E-state index contributed by atoms with van der Waals surface area (Å²) in [6, 6.07) is 5.33. The van der Waals surface area contributed by atoms with Gasteiger partial charge in [0.15, 0.2) is 11.5 Å². The molecule has 0 radical (unpaired) electrons. The summed E-state index contributed by atoms with van der Waals surface area (Å²) >= 11 is 0. The molecule has 0 bridgehead atoms. The molecule has 4 atom stereocenters. The fraction of sp³-hybridized carbons (Fsp3) is 0.750. The fourth-order valence-corrected chi connectivity index (χ4v) is 4.53. The number of aliphatic hydroxyl groups is 1. The Labute approximate surface area is 248 Å². The van der Waals surface area contributed by atoms with Gasteiger partial charge < -0.3 is 34.7 Å². The van der Waals surface area contributed by atoms with E-state index in [-0.39, 0.29) is 24.2 Å². The third-order valence-corrected chi connectivity index (χ3v) is 7.01. The standard InChI is InChI=1S/C32H56N2O7/c1-10-11-15-33-30(36)23(4)18-27(35)26(34-31(37)41-32(5,6)7)21-25(22(2)3)19-24-13-14-28(39-9)29(20-24)40-17-12-16-38-8/h13-14,20,22-23,25-27,35H,10-12,15-19,21H2,1-9H3,(H,33,36)(H,34,37)/t23-,25+,26+,27+/m1/s1. The van der Waals surface area contributed by atoms with Crippen molar-refractivity contribution >= 4 is 12.0 Å². The van der Waals surface area contributed by atoms with Gasteiger partial charge in [0, 0.05) is 32.6 Å². The predicted octanol–water partition coefficient (Wildman–Crippen LogP) is 5.51. The van der Waals surface area contributed by atoms with Crippen molar-refractivity contribution in [1.29, 1.82) is 0 Å². The quantitative estimate of drug-likeness (QED) is 0.185. The van der Waals surface area contributed by atoms with Gasteiger partial charge in [-0.2, -0.15) is 0 Å². The average molecular weight is 581 g/mol. The topological polar surface area (TPSA) is 115 Å². The molecule has 41 heavy (non-hydrogen) atoms. The van der Waals surface area contributed by atoms with Gasteiger partial charge in [-0.15, -0.1) is 0 Å². The Morgan fingerprint density at radius 3 is 2.29 bits per heavy atom. The van der Waals surface area contributed by atoms with Crippen LogP contribution in [0, 0.1) is 17.8 Å². The number of unbranched alkanes of at least 4 members (excludes halogenated alkanes) is 1. The first-order chi connectivity index (χ1) is 19.3. The second-order valence-electron chi connectivity index (χ2n) is 12.2. The summed E-state index contributed by atoms with van der Waals surface area (Å²) in [7, 11) is 3.28. The highest BCUT2D eigenvalue weighted by Crippen LogP contribution is 2.32. The summed E-state index contributed by atoms with van der Waals surface area (Å²) in [6.07, 6.45) is 2.61. The molecule has 9 heteroatoms. The van der Waals surface area contributed by atoms with Gasteiger partial charge in [-0.1, -0.05) is 40.2 Å². The summed E-state index contributed by atoms with van der Waals surface area (Å²) in [5, 5.41) is 17.1. The summed E-state index contributed by atoms with van der Waals surface area (Å²) < 4.78 is 22.1. The first-order valence-electron chi connectivity index (χ1n) is 15.0. The van der Waals surface area contributed by atoms with Crippen LogP contribution in [0.4, 0.5) is 4.79 Å². The third kappa shape index (κ3) is 14.8. The van der Waals surface area contributed by atoms with E-state index in [4.69, 9.17) is 18.9 Å². The minimum Gasteiger partial charge on any atom is -0.493 e. The summed E-state index contributed by atoms with van der Waals surface area (Å²) in [5.74, 6) is 1.22. The zero-order chi connectivity index (χ0) is 31.0. The molecule has 0 heterocycles. The molecule has 0 aromatic heterocycles. The molecule has 0 fully saturated rings. The maximum absolute atomic E-state index is 12.8. The van der Waals surface area contributed by atoms with Crippen LogP contribution in [0.5, 0.6) is 11.5 Å². The van der Waals surface area contributed by atoms with Crippen LogP contribution >= 0.6 is 0 Å². The Balaban J connectivity index is 3.10. The number of aliphatic hydroxyl groups excluding tert-OH is 1. The molecule has 1 aromatic rings. The van der Waals surface area contributed by atoms with E-state index in [9.17, 15) is 14.7 Å². The van der Waals surface area contributed by atoms with E-state index < -0.39 is 29.8 Å². The number of amides is 2. The van der Waals surface area contributed by atoms with Crippen molar-refractivity contribution in [2.24, 2.45) is 17.8 Å². The normalized spacial score (nSPS) is 14.6. The number of methoxy groups -OCH3 is 2. The Kier molecular flexibility index (Phi) is 16.8. The van der Waals surface area contributed by atoms with Crippen LogP contribution in [-0.4, -0.2) is 68.8 Å². The van der Waals surface area contributed by atoms with Crippen LogP contribution in [0.25, 0.3) is 0 Å². The van der Waals surface area contributed by atoms with Crippen molar-refractivity contribution < 1.29 is 33.6 Å². The first-order valence-corrected chi connectivity index (χ1v) is 15.0. The molecule has 3 N–H and O–H groups in total. The average Bonchev–Trinajstić information content (AvgIpc) is 2.89. The van der Waals surface area contributed by atoms with Gasteiger partial charge in [0.05, 0.1) is 25.9 Å². The molecule has 0 aliphatic heterocycles. The van der Waals surface area contributed by atoms with Crippen molar-refractivity contribution in [2.45, 2.75) is 105 Å². The maximum Gasteiger partial charge on any atom is 0.407 e. The van der Waals surface area contributed by atoms with E-state index in [0.29, 0.717) is 44.1 Å². The van der Waals surface area contributed by atoms with Gasteiger partial charge in [0.1, 0.15) is 5.60 Å². The molecular formula is C32H56N2O7. The molecule has 0 saturated carbocycles. The zero-order valence-electron chi connectivity index (χ0n) is 26.9. The van der Waals surface area contributed by atoms with Gasteiger partial charge in [-0.05, 0) is 76.0 Å².